The lowest BCUT2D eigenvalue weighted by molar-refractivity contribution is -0.136. The first-order valence-electron chi connectivity index (χ1n) is 11.6. The number of carbonyl (C=O) groups is 3. The number of hydrogen-bond donors (Lipinski definition) is 1. The number of fused-ring (bicyclic) bond motifs is 1. The van der Waals surface area contributed by atoms with Gasteiger partial charge in [-0.15, -0.1) is 0 Å². The Balaban J connectivity index is 1.25. The number of ether oxygens (including phenoxy) is 1. The number of benzene rings is 1. The van der Waals surface area contributed by atoms with Crippen LogP contribution in [0.25, 0.3) is 0 Å². The maximum atomic E-state index is 15.1. The Bertz CT molecular complexity index is 1130. The fourth-order valence-electron chi connectivity index (χ4n) is 5.18. The van der Waals surface area contributed by atoms with Crippen LogP contribution in [-0.4, -0.2) is 58.7 Å². The first-order valence-corrected chi connectivity index (χ1v) is 11.6. The van der Waals surface area contributed by atoms with Crippen molar-refractivity contribution in [3.8, 4) is 5.75 Å². The Morgan fingerprint density at radius 2 is 1.94 bits per heavy atom. The van der Waals surface area contributed by atoms with E-state index < -0.39 is 11.9 Å². The number of piperidine rings is 2. The van der Waals surface area contributed by atoms with Crippen LogP contribution in [0.15, 0.2) is 30.5 Å². The standard InChI is InChI=1S/C25H27FN4O4/c1-34-18-3-2-17(27-12-18)14-29-8-6-15(7-9-29)19-10-16-13-30(25(33)20(16)11-21(19)26)22-4-5-23(31)28-24(22)32/h2-3,10-12,15,22H,4-9,13-14H2,1H3,(H,28,31,32). The van der Waals surface area contributed by atoms with Crippen molar-refractivity contribution in [3.63, 3.8) is 0 Å². The first kappa shape index (κ1) is 22.5. The number of methoxy groups -OCH3 is 1. The molecule has 178 valence electrons. The maximum Gasteiger partial charge on any atom is 0.255 e. The third-order valence-corrected chi connectivity index (χ3v) is 7.09. The number of halogens is 1. The molecule has 8 nitrogen and oxygen atoms in total. The minimum atomic E-state index is -0.695. The highest BCUT2D eigenvalue weighted by Crippen LogP contribution is 2.35. The van der Waals surface area contributed by atoms with Crippen molar-refractivity contribution in [2.75, 3.05) is 20.2 Å². The highest BCUT2D eigenvalue weighted by Gasteiger charge is 2.40. The van der Waals surface area contributed by atoms with Gasteiger partial charge in [0.2, 0.25) is 11.8 Å². The van der Waals surface area contributed by atoms with Gasteiger partial charge < -0.3 is 9.64 Å². The summed E-state index contributed by atoms with van der Waals surface area (Å²) < 4.78 is 20.2. The third kappa shape index (κ3) is 4.27. The number of pyridine rings is 1. The molecule has 0 radical (unpaired) electrons. The van der Waals surface area contributed by atoms with E-state index in [9.17, 15) is 14.4 Å². The van der Waals surface area contributed by atoms with Crippen LogP contribution in [0.1, 0.15) is 58.8 Å². The van der Waals surface area contributed by atoms with Gasteiger partial charge in [-0.05, 0) is 67.6 Å². The van der Waals surface area contributed by atoms with Crippen molar-refractivity contribution in [1.82, 2.24) is 20.1 Å². The summed E-state index contributed by atoms with van der Waals surface area (Å²) in [6, 6.07) is 6.29. The molecule has 9 heteroatoms. The van der Waals surface area contributed by atoms with E-state index in [1.165, 1.54) is 11.0 Å². The van der Waals surface area contributed by atoms with Gasteiger partial charge in [-0.2, -0.15) is 0 Å². The van der Waals surface area contributed by atoms with E-state index in [4.69, 9.17) is 4.74 Å². The number of nitrogens with one attached hydrogen (secondary N) is 1. The van der Waals surface area contributed by atoms with E-state index in [1.807, 2.05) is 12.1 Å². The summed E-state index contributed by atoms with van der Waals surface area (Å²) in [6.45, 7) is 2.65. The van der Waals surface area contributed by atoms with Gasteiger partial charge in [-0.3, -0.25) is 29.6 Å². The van der Waals surface area contributed by atoms with Gasteiger partial charge in [-0.1, -0.05) is 6.07 Å². The molecule has 2 aromatic rings. The number of carbonyl (C=O) groups excluding carboxylic acids is 3. The zero-order chi connectivity index (χ0) is 23.8. The monoisotopic (exact) mass is 466 g/mol. The fourth-order valence-corrected chi connectivity index (χ4v) is 5.18. The second-order valence-electron chi connectivity index (χ2n) is 9.17. The molecule has 4 heterocycles. The molecule has 1 N–H and O–H groups in total. The topological polar surface area (TPSA) is 91.8 Å². The van der Waals surface area contributed by atoms with Gasteiger partial charge in [0.25, 0.3) is 5.91 Å². The van der Waals surface area contributed by atoms with Crippen LogP contribution in [0.5, 0.6) is 5.75 Å². The van der Waals surface area contributed by atoms with Crippen molar-refractivity contribution in [2.24, 2.45) is 0 Å². The summed E-state index contributed by atoms with van der Waals surface area (Å²) in [6.07, 6.45) is 3.83. The summed E-state index contributed by atoms with van der Waals surface area (Å²) in [5.74, 6) is -0.705. The molecule has 0 bridgehead atoms. The minimum Gasteiger partial charge on any atom is -0.495 e. The first-order chi connectivity index (χ1) is 16.4. The summed E-state index contributed by atoms with van der Waals surface area (Å²) in [4.78, 5) is 44.8. The lowest BCUT2D eigenvalue weighted by atomic mass is 9.87. The van der Waals surface area contributed by atoms with Crippen molar-refractivity contribution < 1.29 is 23.5 Å². The quantitative estimate of drug-likeness (QED) is 0.681. The smallest absolute Gasteiger partial charge is 0.255 e. The lowest BCUT2D eigenvalue weighted by Crippen LogP contribution is -2.52. The molecular weight excluding hydrogens is 439 g/mol. The van der Waals surface area contributed by atoms with Gasteiger partial charge in [0, 0.05) is 25.1 Å². The van der Waals surface area contributed by atoms with Crippen molar-refractivity contribution in [3.05, 3.63) is 58.7 Å². The minimum absolute atomic E-state index is 0.0742. The van der Waals surface area contributed by atoms with E-state index >= 15 is 4.39 Å². The number of nitrogens with zero attached hydrogens (tertiary/aromatic N) is 3. The Morgan fingerprint density at radius 3 is 2.62 bits per heavy atom. The number of hydrogen-bond acceptors (Lipinski definition) is 6. The molecule has 1 atom stereocenters. The SMILES string of the molecule is COc1ccc(CN2CCC(c3cc4c(cc3F)C(=O)N(C3CCC(=O)NC3=O)C4)CC2)nc1. The normalized spacial score (nSPS) is 21.5. The zero-order valence-electron chi connectivity index (χ0n) is 19.1. The molecule has 0 spiro atoms. The Labute approximate surface area is 197 Å². The van der Waals surface area contributed by atoms with Crippen molar-refractivity contribution in [1.29, 1.82) is 0 Å². The molecule has 3 amide bonds. The van der Waals surface area contributed by atoms with Gasteiger partial charge in [0.15, 0.2) is 0 Å². The predicted octanol–water partition coefficient (Wildman–Crippen LogP) is 2.37. The van der Waals surface area contributed by atoms with Crippen molar-refractivity contribution >= 4 is 17.7 Å². The second-order valence-corrected chi connectivity index (χ2v) is 9.17. The van der Waals surface area contributed by atoms with Gasteiger partial charge in [0.1, 0.15) is 17.6 Å². The van der Waals surface area contributed by atoms with E-state index in [0.717, 1.165) is 49.5 Å². The number of aromatic nitrogens is 1. The molecular formula is C25H27FN4O4. The van der Waals surface area contributed by atoms with E-state index in [0.29, 0.717) is 17.5 Å². The maximum absolute atomic E-state index is 15.1. The molecule has 5 rings (SSSR count). The third-order valence-electron chi connectivity index (χ3n) is 7.09. The molecule has 3 aliphatic rings. The molecule has 0 aliphatic carbocycles. The molecule has 2 saturated heterocycles. The molecule has 34 heavy (non-hydrogen) atoms. The van der Waals surface area contributed by atoms with Crippen LogP contribution in [0.4, 0.5) is 4.39 Å². The highest BCUT2D eigenvalue weighted by molar-refractivity contribution is 6.05. The van der Waals surface area contributed by atoms with Gasteiger partial charge >= 0.3 is 0 Å². The number of rotatable bonds is 5. The molecule has 0 saturated carbocycles. The summed E-state index contributed by atoms with van der Waals surface area (Å²) >= 11 is 0. The molecule has 2 fully saturated rings. The van der Waals surface area contributed by atoms with Crippen LogP contribution >= 0.6 is 0 Å². The largest absolute Gasteiger partial charge is 0.495 e. The molecule has 3 aliphatic heterocycles. The second kappa shape index (κ2) is 9.13. The van der Waals surface area contributed by atoms with Crippen LogP contribution in [-0.2, 0) is 22.7 Å². The Morgan fingerprint density at radius 1 is 1.15 bits per heavy atom. The number of amides is 3. The summed E-state index contributed by atoms with van der Waals surface area (Å²) in [5, 5.41) is 2.29. The Kier molecular flexibility index (Phi) is 6.03. The summed E-state index contributed by atoms with van der Waals surface area (Å²) in [5.41, 5.74) is 2.67. The lowest BCUT2D eigenvalue weighted by Gasteiger charge is -2.32. The number of likely N-dealkylation sites (tertiary alicyclic amines) is 1. The molecule has 1 unspecified atom stereocenters. The predicted molar refractivity (Wildman–Crippen MR) is 120 cm³/mol. The van der Waals surface area contributed by atoms with Crippen molar-refractivity contribution in [2.45, 2.75) is 50.7 Å². The van der Waals surface area contributed by atoms with Gasteiger partial charge in [-0.25, -0.2) is 4.39 Å². The average molecular weight is 467 g/mol. The number of imide groups is 1. The van der Waals surface area contributed by atoms with E-state index in [2.05, 4.69) is 15.2 Å². The average Bonchev–Trinajstić information content (AvgIpc) is 3.15. The van der Waals surface area contributed by atoms with E-state index in [1.54, 1.807) is 19.4 Å². The molecule has 1 aromatic carbocycles. The Hall–Kier alpha value is -3.33. The zero-order valence-corrected chi connectivity index (χ0v) is 19.1. The highest BCUT2D eigenvalue weighted by atomic mass is 19.1. The van der Waals surface area contributed by atoms with Crippen LogP contribution in [0.3, 0.4) is 0 Å². The molecule has 1 aromatic heterocycles. The van der Waals surface area contributed by atoms with E-state index in [-0.39, 0.29) is 36.5 Å². The van der Waals surface area contributed by atoms with Crippen LogP contribution < -0.4 is 10.1 Å². The van der Waals surface area contributed by atoms with Crippen LogP contribution in [0.2, 0.25) is 0 Å². The summed E-state index contributed by atoms with van der Waals surface area (Å²) in [7, 11) is 1.61. The van der Waals surface area contributed by atoms with Crippen LogP contribution in [0, 0.1) is 5.82 Å². The fraction of sp³-hybridized carbons (Fsp3) is 0.440. The van der Waals surface area contributed by atoms with Gasteiger partial charge in [0.05, 0.1) is 19.0 Å².